The highest BCUT2D eigenvalue weighted by molar-refractivity contribution is 8.00. The fourth-order valence-electron chi connectivity index (χ4n) is 3.25. The van der Waals surface area contributed by atoms with Gasteiger partial charge >= 0.3 is 0 Å². The number of benzene rings is 2. The Morgan fingerprint density at radius 2 is 1.93 bits per heavy atom. The van der Waals surface area contributed by atoms with E-state index in [2.05, 4.69) is 52.9 Å². The average Bonchev–Trinajstić information content (AvgIpc) is 3.16. The average molecular weight is 410 g/mol. The van der Waals surface area contributed by atoms with Gasteiger partial charge in [0, 0.05) is 12.5 Å². The minimum absolute atomic E-state index is 0.0143. The van der Waals surface area contributed by atoms with Crippen LogP contribution in [-0.4, -0.2) is 37.9 Å². The largest absolute Gasteiger partial charge is 0.355 e. The molecule has 0 aliphatic heterocycles. The highest BCUT2D eigenvalue weighted by atomic mass is 32.2. The summed E-state index contributed by atoms with van der Waals surface area (Å²) in [4.78, 5) is 12.7. The van der Waals surface area contributed by atoms with Crippen LogP contribution in [0.15, 0.2) is 53.7 Å². The molecule has 0 unspecified atom stereocenters. The van der Waals surface area contributed by atoms with Gasteiger partial charge in [-0.15, -0.1) is 5.10 Å². The number of tetrazole rings is 1. The summed E-state index contributed by atoms with van der Waals surface area (Å²) in [6.45, 7) is 8.72. The first-order valence-electron chi connectivity index (χ1n) is 9.85. The third kappa shape index (κ3) is 5.23. The highest BCUT2D eigenvalue weighted by Gasteiger charge is 2.21. The Kier molecular flexibility index (Phi) is 7.04. The van der Waals surface area contributed by atoms with Crippen molar-refractivity contribution in [2.75, 3.05) is 6.54 Å². The van der Waals surface area contributed by atoms with Crippen molar-refractivity contribution < 1.29 is 4.79 Å². The number of hydrogen-bond acceptors (Lipinski definition) is 5. The molecule has 3 aromatic rings. The molecule has 0 spiro atoms. The van der Waals surface area contributed by atoms with E-state index in [1.54, 1.807) is 4.68 Å². The monoisotopic (exact) mass is 409 g/mol. The van der Waals surface area contributed by atoms with Crippen molar-refractivity contribution in [1.82, 2.24) is 25.5 Å². The van der Waals surface area contributed by atoms with Crippen molar-refractivity contribution in [2.24, 2.45) is 0 Å². The molecule has 7 heteroatoms. The maximum Gasteiger partial charge on any atom is 0.233 e. The number of aromatic nitrogens is 4. The van der Waals surface area contributed by atoms with Gasteiger partial charge in [0.15, 0.2) is 0 Å². The Balaban J connectivity index is 1.64. The van der Waals surface area contributed by atoms with Gasteiger partial charge < -0.3 is 5.32 Å². The van der Waals surface area contributed by atoms with Crippen LogP contribution >= 0.6 is 11.8 Å². The smallest absolute Gasteiger partial charge is 0.233 e. The van der Waals surface area contributed by atoms with E-state index in [4.69, 9.17) is 0 Å². The summed E-state index contributed by atoms with van der Waals surface area (Å²) in [5.74, 6) is 0.289. The minimum atomic E-state index is -0.307. The summed E-state index contributed by atoms with van der Waals surface area (Å²) < 4.78 is 1.70. The summed E-state index contributed by atoms with van der Waals surface area (Å²) in [7, 11) is 0. The Bertz CT molecular complexity index is 957. The van der Waals surface area contributed by atoms with Crippen molar-refractivity contribution in [3.63, 3.8) is 0 Å². The van der Waals surface area contributed by atoms with Crippen molar-refractivity contribution >= 4 is 17.7 Å². The van der Waals surface area contributed by atoms with Gasteiger partial charge in [-0.1, -0.05) is 66.7 Å². The van der Waals surface area contributed by atoms with E-state index in [0.717, 1.165) is 17.7 Å². The molecule has 3 rings (SSSR count). The Morgan fingerprint density at radius 3 is 2.62 bits per heavy atom. The lowest BCUT2D eigenvalue weighted by Gasteiger charge is -2.18. The molecule has 2 atom stereocenters. The fourth-order valence-corrected chi connectivity index (χ4v) is 4.07. The zero-order chi connectivity index (χ0) is 20.8. The minimum Gasteiger partial charge on any atom is -0.355 e. The standard InChI is InChI=1S/C22H27N5OS/c1-5-18(19-9-7-6-8-10-19)14-23-21(28)17(4)29-22-24-25-26-27(22)20-12-11-15(2)13-16(20)3/h6-13,17-18H,5,14H2,1-4H3,(H,23,28)/t17-,18+/m0/s1. The van der Waals surface area contributed by atoms with E-state index in [-0.39, 0.29) is 11.2 Å². The number of rotatable bonds is 8. The lowest BCUT2D eigenvalue weighted by atomic mass is 9.96. The summed E-state index contributed by atoms with van der Waals surface area (Å²) >= 11 is 1.36. The second kappa shape index (κ2) is 9.69. The van der Waals surface area contributed by atoms with Crippen LogP contribution in [0.1, 0.15) is 42.9 Å². The van der Waals surface area contributed by atoms with Crippen LogP contribution in [0, 0.1) is 13.8 Å². The summed E-state index contributed by atoms with van der Waals surface area (Å²) in [6.07, 6.45) is 0.969. The number of hydrogen-bond donors (Lipinski definition) is 1. The molecular weight excluding hydrogens is 382 g/mol. The molecule has 0 saturated carbocycles. The van der Waals surface area contributed by atoms with Gasteiger partial charge in [0.1, 0.15) is 0 Å². The maximum absolute atomic E-state index is 12.7. The van der Waals surface area contributed by atoms with Crippen LogP contribution in [0.2, 0.25) is 0 Å². The van der Waals surface area contributed by atoms with Crippen LogP contribution in [0.5, 0.6) is 0 Å². The molecule has 1 amide bonds. The van der Waals surface area contributed by atoms with E-state index in [1.165, 1.54) is 22.9 Å². The SMILES string of the molecule is CC[C@H](CNC(=O)[C@H](C)Sc1nnnn1-c1ccc(C)cc1C)c1ccccc1. The molecule has 0 radical (unpaired) electrons. The molecule has 0 aliphatic carbocycles. The van der Waals surface area contributed by atoms with Crippen LogP contribution < -0.4 is 5.32 Å². The topological polar surface area (TPSA) is 72.7 Å². The fraction of sp³-hybridized carbons (Fsp3) is 0.364. The summed E-state index contributed by atoms with van der Waals surface area (Å²) in [6, 6.07) is 16.4. The van der Waals surface area contributed by atoms with Crippen molar-refractivity contribution in [1.29, 1.82) is 0 Å². The van der Waals surface area contributed by atoms with Gasteiger partial charge in [0.05, 0.1) is 10.9 Å². The zero-order valence-electron chi connectivity index (χ0n) is 17.3. The molecule has 1 aromatic heterocycles. The molecule has 6 nitrogen and oxygen atoms in total. The number of nitrogens with zero attached hydrogens (tertiary/aromatic N) is 4. The molecule has 0 saturated heterocycles. The van der Waals surface area contributed by atoms with Crippen LogP contribution in [0.3, 0.4) is 0 Å². The van der Waals surface area contributed by atoms with Crippen LogP contribution in [-0.2, 0) is 4.79 Å². The van der Waals surface area contributed by atoms with Gasteiger partial charge in [-0.25, -0.2) is 0 Å². The highest BCUT2D eigenvalue weighted by Crippen LogP contribution is 2.25. The zero-order valence-corrected chi connectivity index (χ0v) is 18.1. The summed E-state index contributed by atoms with van der Waals surface area (Å²) in [5, 5.41) is 15.4. The number of carbonyl (C=O) groups is 1. The van der Waals surface area contributed by atoms with Crippen LogP contribution in [0.25, 0.3) is 5.69 Å². The quantitative estimate of drug-likeness (QED) is 0.568. The third-order valence-corrected chi connectivity index (χ3v) is 5.99. The van der Waals surface area contributed by atoms with Gasteiger partial charge in [0.2, 0.25) is 11.1 Å². The van der Waals surface area contributed by atoms with Crippen LogP contribution in [0.4, 0.5) is 0 Å². The first-order chi connectivity index (χ1) is 14.0. The molecule has 1 heterocycles. The van der Waals surface area contributed by atoms with E-state index < -0.39 is 0 Å². The molecule has 152 valence electrons. The lowest BCUT2D eigenvalue weighted by Crippen LogP contribution is -2.34. The Hall–Kier alpha value is -2.67. The van der Waals surface area contributed by atoms with Crippen molar-refractivity contribution in [3.8, 4) is 5.69 Å². The number of carbonyl (C=O) groups excluding carboxylic acids is 1. The molecule has 0 fully saturated rings. The molecule has 2 aromatic carbocycles. The first-order valence-corrected chi connectivity index (χ1v) is 10.7. The van der Waals surface area contributed by atoms with Gasteiger partial charge in [-0.3, -0.25) is 4.79 Å². The third-order valence-electron chi connectivity index (χ3n) is 4.96. The van der Waals surface area contributed by atoms with E-state index >= 15 is 0 Å². The van der Waals surface area contributed by atoms with Crippen molar-refractivity contribution in [3.05, 3.63) is 65.2 Å². The normalized spacial score (nSPS) is 13.1. The molecule has 0 aliphatic rings. The summed E-state index contributed by atoms with van der Waals surface area (Å²) in [5.41, 5.74) is 4.44. The predicted octanol–water partition coefficient (Wildman–Crippen LogP) is 4.07. The number of thioether (sulfide) groups is 1. The Labute approximate surface area is 176 Å². The molecular formula is C22H27N5OS. The lowest BCUT2D eigenvalue weighted by molar-refractivity contribution is -0.120. The number of amides is 1. The molecule has 0 bridgehead atoms. The van der Waals surface area contributed by atoms with Gasteiger partial charge in [-0.05, 0) is 54.8 Å². The van der Waals surface area contributed by atoms with E-state index in [1.807, 2.05) is 44.2 Å². The van der Waals surface area contributed by atoms with Crippen molar-refractivity contribution in [2.45, 2.75) is 50.4 Å². The number of aryl methyl sites for hydroxylation is 2. The second-order valence-corrected chi connectivity index (χ2v) is 8.49. The van der Waals surface area contributed by atoms with E-state index in [9.17, 15) is 4.79 Å². The first kappa shape index (κ1) is 21.0. The molecule has 1 N–H and O–H groups in total. The van der Waals surface area contributed by atoms with E-state index in [0.29, 0.717) is 17.6 Å². The predicted molar refractivity (Wildman–Crippen MR) is 116 cm³/mol. The molecule has 29 heavy (non-hydrogen) atoms. The van der Waals surface area contributed by atoms with Gasteiger partial charge in [0.25, 0.3) is 0 Å². The maximum atomic E-state index is 12.7. The Morgan fingerprint density at radius 1 is 1.17 bits per heavy atom. The number of nitrogens with one attached hydrogen (secondary N) is 1. The van der Waals surface area contributed by atoms with Gasteiger partial charge in [-0.2, -0.15) is 4.68 Å². The second-order valence-electron chi connectivity index (χ2n) is 7.18.